The van der Waals surface area contributed by atoms with Crippen LogP contribution in [0.15, 0.2) is 48.7 Å². The minimum atomic E-state index is 0.742. The zero-order chi connectivity index (χ0) is 11.9. The van der Waals surface area contributed by atoms with Gasteiger partial charge in [-0.3, -0.25) is 0 Å². The van der Waals surface area contributed by atoms with Crippen LogP contribution in [0.5, 0.6) is 0 Å². The number of hydrogen-bond donors (Lipinski definition) is 1. The molecular weight excluding hydrogens is 212 g/mol. The molecule has 1 N–H and O–H groups in total. The van der Waals surface area contributed by atoms with Crippen LogP contribution in [0.2, 0.25) is 0 Å². The highest BCUT2D eigenvalue weighted by molar-refractivity contribution is 5.34. The number of nitrogens with one attached hydrogen (secondary N) is 1. The standard InChI is InChI=1S/C14H18N2O/c1-17-11-9-15-12-14-8-5-10-16(14)13-6-3-2-4-7-13/h2-8,10,15H,9,11-12H2,1H3. The Bertz CT molecular complexity index is 436. The highest BCUT2D eigenvalue weighted by atomic mass is 16.5. The van der Waals surface area contributed by atoms with E-state index >= 15 is 0 Å². The van der Waals surface area contributed by atoms with Gasteiger partial charge >= 0.3 is 0 Å². The molecule has 0 saturated carbocycles. The minimum absolute atomic E-state index is 0.742. The number of hydrogen-bond acceptors (Lipinski definition) is 2. The van der Waals surface area contributed by atoms with Gasteiger partial charge in [-0.05, 0) is 24.3 Å². The SMILES string of the molecule is COCCNCc1cccn1-c1ccccc1. The highest BCUT2D eigenvalue weighted by Gasteiger charge is 2.01. The van der Waals surface area contributed by atoms with Crippen molar-refractivity contribution in [2.24, 2.45) is 0 Å². The molecule has 0 unspecified atom stereocenters. The van der Waals surface area contributed by atoms with E-state index in [1.54, 1.807) is 7.11 Å². The first kappa shape index (κ1) is 11.9. The molecular formula is C14H18N2O. The summed E-state index contributed by atoms with van der Waals surface area (Å²) in [6, 6.07) is 14.6. The average molecular weight is 230 g/mol. The average Bonchev–Trinajstić information content (AvgIpc) is 2.84. The van der Waals surface area contributed by atoms with Crippen molar-refractivity contribution in [3.8, 4) is 5.69 Å². The van der Waals surface area contributed by atoms with E-state index < -0.39 is 0 Å². The van der Waals surface area contributed by atoms with Crippen molar-refractivity contribution in [2.75, 3.05) is 20.3 Å². The van der Waals surface area contributed by atoms with E-state index in [4.69, 9.17) is 4.74 Å². The Kier molecular flexibility index (Phi) is 4.36. The minimum Gasteiger partial charge on any atom is -0.383 e. The Labute approximate surface area is 102 Å². The number of nitrogens with zero attached hydrogens (tertiary/aromatic N) is 1. The quantitative estimate of drug-likeness (QED) is 0.770. The lowest BCUT2D eigenvalue weighted by Gasteiger charge is -2.10. The van der Waals surface area contributed by atoms with Gasteiger partial charge in [-0.2, -0.15) is 0 Å². The van der Waals surface area contributed by atoms with Crippen LogP contribution in [0.1, 0.15) is 5.69 Å². The van der Waals surface area contributed by atoms with Crippen LogP contribution in [0.4, 0.5) is 0 Å². The maximum Gasteiger partial charge on any atom is 0.0587 e. The van der Waals surface area contributed by atoms with Crippen molar-refractivity contribution < 1.29 is 4.74 Å². The van der Waals surface area contributed by atoms with Crippen LogP contribution in [-0.4, -0.2) is 24.8 Å². The lowest BCUT2D eigenvalue weighted by molar-refractivity contribution is 0.199. The molecule has 0 aliphatic carbocycles. The van der Waals surface area contributed by atoms with E-state index in [9.17, 15) is 0 Å². The number of methoxy groups -OCH3 is 1. The summed E-state index contributed by atoms with van der Waals surface area (Å²) in [6.07, 6.45) is 2.09. The van der Waals surface area contributed by atoms with E-state index in [0.717, 1.165) is 19.7 Å². The first-order valence-electron chi connectivity index (χ1n) is 5.83. The molecule has 0 spiro atoms. The van der Waals surface area contributed by atoms with Gasteiger partial charge in [0.15, 0.2) is 0 Å². The van der Waals surface area contributed by atoms with Crippen LogP contribution >= 0.6 is 0 Å². The van der Waals surface area contributed by atoms with Crippen LogP contribution < -0.4 is 5.32 Å². The van der Waals surface area contributed by atoms with Gasteiger partial charge in [0, 0.05) is 37.8 Å². The van der Waals surface area contributed by atoms with Gasteiger partial charge in [-0.25, -0.2) is 0 Å². The molecule has 90 valence electrons. The van der Waals surface area contributed by atoms with E-state index in [0.29, 0.717) is 0 Å². The van der Waals surface area contributed by atoms with E-state index in [2.05, 4.69) is 52.5 Å². The second kappa shape index (κ2) is 6.23. The molecule has 0 aliphatic heterocycles. The first-order valence-corrected chi connectivity index (χ1v) is 5.83. The Morgan fingerprint density at radius 3 is 2.71 bits per heavy atom. The lowest BCUT2D eigenvalue weighted by Crippen LogP contribution is -2.20. The molecule has 3 nitrogen and oxygen atoms in total. The topological polar surface area (TPSA) is 26.2 Å². The maximum absolute atomic E-state index is 5.01. The van der Waals surface area contributed by atoms with Crippen LogP contribution in [0.3, 0.4) is 0 Å². The largest absolute Gasteiger partial charge is 0.383 e. The van der Waals surface area contributed by atoms with Crippen LogP contribution in [-0.2, 0) is 11.3 Å². The maximum atomic E-state index is 5.01. The molecule has 2 aromatic rings. The second-order valence-electron chi connectivity index (χ2n) is 3.87. The summed E-state index contributed by atoms with van der Waals surface area (Å²) < 4.78 is 7.20. The van der Waals surface area contributed by atoms with Crippen molar-refractivity contribution in [1.29, 1.82) is 0 Å². The summed E-state index contributed by atoms with van der Waals surface area (Å²) in [4.78, 5) is 0. The zero-order valence-corrected chi connectivity index (χ0v) is 10.1. The fourth-order valence-electron chi connectivity index (χ4n) is 1.79. The molecule has 3 heteroatoms. The van der Waals surface area contributed by atoms with E-state index in [-0.39, 0.29) is 0 Å². The molecule has 1 aromatic heterocycles. The molecule has 0 fully saturated rings. The predicted molar refractivity (Wildman–Crippen MR) is 69.4 cm³/mol. The summed E-state index contributed by atoms with van der Waals surface area (Å²) in [5.74, 6) is 0. The summed E-state index contributed by atoms with van der Waals surface area (Å²) in [5.41, 5.74) is 2.45. The van der Waals surface area contributed by atoms with Crippen LogP contribution in [0.25, 0.3) is 5.69 Å². The number of para-hydroxylation sites is 1. The van der Waals surface area contributed by atoms with Gasteiger partial charge in [0.2, 0.25) is 0 Å². The Morgan fingerprint density at radius 1 is 1.12 bits per heavy atom. The third kappa shape index (κ3) is 3.19. The van der Waals surface area contributed by atoms with Gasteiger partial charge in [0.1, 0.15) is 0 Å². The van der Waals surface area contributed by atoms with Gasteiger partial charge in [0.25, 0.3) is 0 Å². The zero-order valence-electron chi connectivity index (χ0n) is 10.1. The number of benzene rings is 1. The fourth-order valence-corrected chi connectivity index (χ4v) is 1.79. The number of ether oxygens (including phenoxy) is 1. The van der Waals surface area contributed by atoms with Crippen molar-refractivity contribution >= 4 is 0 Å². The van der Waals surface area contributed by atoms with Gasteiger partial charge in [-0.15, -0.1) is 0 Å². The molecule has 0 saturated heterocycles. The predicted octanol–water partition coefficient (Wildman–Crippen LogP) is 2.21. The summed E-state index contributed by atoms with van der Waals surface area (Å²) >= 11 is 0. The van der Waals surface area contributed by atoms with Crippen molar-refractivity contribution in [3.63, 3.8) is 0 Å². The van der Waals surface area contributed by atoms with E-state index in [1.165, 1.54) is 11.4 Å². The summed E-state index contributed by atoms with van der Waals surface area (Å²) in [7, 11) is 1.72. The summed E-state index contributed by atoms with van der Waals surface area (Å²) in [6.45, 7) is 2.47. The molecule has 1 heterocycles. The number of rotatable bonds is 6. The van der Waals surface area contributed by atoms with Gasteiger partial charge in [0.05, 0.1) is 6.61 Å². The summed E-state index contributed by atoms with van der Waals surface area (Å²) in [5, 5.41) is 3.35. The number of aromatic nitrogens is 1. The van der Waals surface area contributed by atoms with Crippen molar-refractivity contribution in [1.82, 2.24) is 9.88 Å². The van der Waals surface area contributed by atoms with Crippen molar-refractivity contribution in [2.45, 2.75) is 6.54 Å². The smallest absolute Gasteiger partial charge is 0.0587 e. The fraction of sp³-hybridized carbons (Fsp3) is 0.286. The second-order valence-corrected chi connectivity index (χ2v) is 3.87. The monoisotopic (exact) mass is 230 g/mol. The Morgan fingerprint density at radius 2 is 1.94 bits per heavy atom. The molecule has 17 heavy (non-hydrogen) atoms. The Hall–Kier alpha value is -1.58. The first-order chi connectivity index (χ1) is 8.42. The molecule has 0 amide bonds. The normalized spacial score (nSPS) is 10.6. The third-order valence-electron chi connectivity index (χ3n) is 2.66. The third-order valence-corrected chi connectivity index (χ3v) is 2.66. The molecule has 1 aromatic carbocycles. The Balaban J connectivity index is 2.02. The van der Waals surface area contributed by atoms with Gasteiger partial charge in [-0.1, -0.05) is 18.2 Å². The molecule has 0 radical (unpaired) electrons. The molecule has 2 rings (SSSR count). The van der Waals surface area contributed by atoms with E-state index in [1.807, 2.05) is 6.07 Å². The highest BCUT2D eigenvalue weighted by Crippen LogP contribution is 2.11. The molecule has 0 aliphatic rings. The molecule has 0 atom stereocenters. The van der Waals surface area contributed by atoms with Crippen LogP contribution in [0, 0.1) is 0 Å². The lowest BCUT2D eigenvalue weighted by atomic mass is 10.3. The van der Waals surface area contributed by atoms with Crippen molar-refractivity contribution in [3.05, 3.63) is 54.4 Å². The molecule has 0 bridgehead atoms. The van der Waals surface area contributed by atoms with Gasteiger partial charge < -0.3 is 14.6 Å².